The van der Waals surface area contributed by atoms with Crippen molar-refractivity contribution in [2.75, 3.05) is 26.4 Å². The van der Waals surface area contributed by atoms with E-state index in [1.54, 1.807) is 48.5 Å². The minimum atomic E-state index is -5.01. The number of azo groups is 2. The van der Waals surface area contributed by atoms with Crippen LogP contribution in [0, 0.1) is 0 Å². The molecule has 18 heteroatoms. The van der Waals surface area contributed by atoms with Crippen molar-refractivity contribution in [3.8, 4) is 11.5 Å². The second-order valence-electron chi connectivity index (χ2n) is 9.92. The van der Waals surface area contributed by atoms with Gasteiger partial charge in [-0.2, -0.15) is 20.5 Å². The Balaban J connectivity index is 0.00000433. The van der Waals surface area contributed by atoms with Crippen LogP contribution in [0.2, 0.25) is 0 Å². The summed E-state index contributed by atoms with van der Waals surface area (Å²) in [7, 11) is -10.0. The van der Waals surface area contributed by atoms with Crippen LogP contribution in [0.15, 0.2) is 115 Å². The summed E-state index contributed by atoms with van der Waals surface area (Å²) in [6, 6.07) is 20.5. The van der Waals surface area contributed by atoms with Gasteiger partial charge in [-0.05, 0) is 83.9 Å². The van der Waals surface area contributed by atoms with Gasteiger partial charge in [0.05, 0.1) is 45.8 Å². The van der Waals surface area contributed by atoms with Crippen molar-refractivity contribution in [2.45, 2.75) is 22.6 Å². The van der Waals surface area contributed by atoms with E-state index in [1.807, 2.05) is 0 Å². The summed E-state index contributed by atoms with van der Waals surface area (Å²) in [5.41, 5.74) is 0.821. The summed E-state index contributed by atoms with van der Waals surface area (Å²) < 4.78 is 83.5. The van der Waals surface area contributed by atoms with Gasteiger partial charge in [0.15, 0.2) is 0 Å². The molecule has 0 bridgehead atoms. The van der Waals surface area contributed by atoms with Gasteiger partial charge in [0.25, 0.3) is 0 Å². The molecule has 0 aromatic heterocycles. The first-order valence-corrected chi connectivity index (χ1v) is 17.2. The van der Waals surface area contributed by atoms with E-state index in [-0.39, 0.29) is 94.8 Å². The van der Waals surface area contributed by atoms with E-state index < -0.39 is 30.0 Å². The predicted molar refractivity (Wildman–Crippen MR) is 173 cm³/mol. The number of rotatable bonds is 16. The summed E-state index contributed by atoms with van der Waals surface area (Å²) in [6.45, 7) is 0.704. The molecule has 252 valence electrons. The molecule has 0 amide bonds. The smallest absolute Gasteiger partial charge is 0.744 e. The summed E-state index contributed by atoms with van der Waals surface area (Å²) >= 11 is 0. The van der Waals surface area contributed by atoms with Gasteiger partial charge in [-0.25, -0.2) is 16.8 Å². The molecule has 0 saturated heterocycles. The van der Waals surface area contributed by atoms with Gasteiger partial charge in [0.1, 0.15) is 31.7 Å². The second kappa shape index (κ2) is 20.9. The SMILES string of the molecule is O=S(=O)([O-])c1cc(N=Nc2ccc(OCCCO)cc2)ccc1C=Cc1ccc(N=Nc2ccc(OCCCO)cc2)cc1S(=O)(=O)[O-].[Na+].[Na+]. The number of hydrogen-bond donors (Lipinski definition) is 2. The van der Waals surface area contributed by atoms with E-state index in [0.29, 0.717) is 48.9 Å². The Morgan fingerprint density at radius 3 is 1.18 bits per heavy atom. The molecule has 4 rings (SSSR count). The number of benzene rings is 4. The summed E-state index contributed by atoms with van der Waals surface area (Å²) in [6.07, 6.45) is 3.35. The fraction of sp³-hybridized carbons (Fsp3) is 0.188. The number of ether oxygens (including phenoxy) is 2. The standard InChI is InChI=1S/C32H32N4O10S2.2Na/c37-17-1-19-45-29-13-9-25(10-14-29)33-35-27-7-5-23(31(21-27)47(39,40)41)3-4-24-6-8-28(22-32(24)48(42,43)44)36-34-26-11-15-30(16-12-26)46-20-2-18-38;;/h3-16,21-22,37-38H,1-2,17-20H2,(H,39,40,41)(H,42,43,44);;/q;2*+1/p-2. The Kier molecular flexibility index (Phi) is 18.1. The van der Waals surface area contributed by atoms with E-state index in [1.165, 1.54) is 36.4 Å². The zero-order valence-corrected chi connectivity index (χ0v) is 32.9. The zero-order chi connectivity index (χ0) is 34.6. The maximum atomic E-state index is 12.1. The number of aliphatic hydroxyl groups excluding tert-OH is 2. The molecule has 0 aliphatic carbocycles. The fourth-order valence-corrected chi connectivity index (χ4v) is 5.40. The Labute approximate surface area is 334 Å². The second-order valence-corrected chi connectivity index (χ2v) is 12.6. The van der Waals surface area contributed by atoms with Gasteiger partial charge in [-0.1, -0.05) is 24.3 Å². The molecule has 0 radical (unpaired) electrons. The molecule has 14 nitrogen and oxygen atoms in total. The summed E-state index contributed by atoms with van der Waals surface area (Å²) in [5, 5.41) is 33.8. The topological polar surface area (TPSA) is 223 Å². The molecule has 0 heterocycles. The molecule has 0 aliphatic heterocycles. The van der Waals surface area contributed by atoms with Crippen LogP contribution in [0.4, 0.5) is 22.7 Å². The van der Waals surface area contributed by atoms with E-state index in [9.17, 15) is 25.9 Å². The van der Waals surface area contributed by atoms with Gasteiger partial charge >= 0.3 is 59.1 Å². The van der Waals surface area contributed by atoms with Gasteiger partial charge < -0.3 is 28.8 Å². The molecule has 0 fully saturated rings. The van der Waals surface area contributed by atoms with E-state index >= 15 is 0 Å². The van der Waals surface area contributed by atoms with Crippen LogP contribution in [-0.2, 0) is 20.2 Å². The first kappa shape index (κ1) is 43.3. The van der Waals surface area contributed by atoms with E-state index in [0.717, 1.165) is 12.1 Å². The van der Waals surface area contributed by atoms with Crippen LogP contribution < -0.4 is 68.6 Å². The average molecular weight is 741 g/mol. The zero-order valence-electron chi connectivity index (χ0n) is 27.2. The van der Waals surface area contributed by atoms with E-state index in [4.69, 9.17) is 19.7 Å². The Morgan fingerprint density at radius 1 is 0.540 bits per heavy atom. The van der Waals surface area contributed by atoms with Crippen molar-refractivity contribution in [1.82, 2.24) is 0 Å². The third-order valence-corrected chi connectivity index (χ3v) is 8.14. The van der Waals surface area contributed by atoms with Crippen LogP contribution in [0.5, 0.6) is 11.5 Å². The monoisotopic (exact) mass is 740 g/mol. The van der Waals surface area contributed by atoms with Crippen molar-refractivity contribution in [2.24, 2.45) is 20.5 Å². The summed E-state index contributed by atoms with van der Waals surface area (Å²) in [5.74, 6) is 1.13. The molecule has 0 aliphatic rings. The number of nitrogens with zero attached hydrogens (tertiary/aromatic N) is 4. The summed E-state index contributed by atoms with van der Waals surface area (Å²) in [4.78, 5) is -1.27. The van der Waals surface area contributed by atoms with Crippen molar-refractivity contribution >= 4 is 55.1 Å². The van der Waals surface area contributed by atoms with Crippen molar-refractivity contribution in [3.63, 3.8) is 0 Å². The van der Waals surface area contributed by atoms with Crippen molar-refractivity contribution in [1.29, 1.82) is 0 Å². The van der Waals surface area contributed by atoms with Crippen LogP contribution in [0.25, 0.3) is 12.2 Å². The maximum absolute atomic E-state index is 12.1. The van der Waals surface area contributed by atoms with Crippen LogP contribution in [0.1, 0.15) is 24.0 Å². The Hall–Kier alpha value is -2.84. The maximum Gasteiger partial charge on any atom is 1.00 e. The van der Waals surface area contributed by atoms with Gasteiger partial charge in [0, 0.05) is 26.1 Å². The number of hydrogen-bond acceptors (Lipinski definition) is 14. The molecule has 4 aromatic carbocycles. The molecule has 2 N–H and O–H groups in total. The molecule has 0 atom stereocenters. The molecule has 0 unspecified atom stereocenters. The minimum absolute atomic E-state index is 0. The van der Waals surface area contributed by atoms with Crippen molar-refractivity contribution in [3.05, 3.63) is 96.1 Å². The van der Waals surface area contributed by atoms with Gasteiger partial charge in [-0.15, -0.1) is 0 Å². The molecular formula is C32H30N4Na2O10S2. The van der Waals surface area contributed by atoms with Crippen molar-refractivity contribution < 1.29 is 105 Å². The first-order valence-electron chi connectivity index (χ1n) is 14.4. The largest absolute Gasteiger partial charge is 1.00 e. The third kappa shape index (κ3) is 13.7. The molecular weight excluding hydrogens is 710 g/mol. The minimum Gasteiger partial charge on any atom is -0.744 e. The first-order chi connectivity index (χ1) is 23.0. The van der Waals surface area contributed by atoms with Crippen LogP contribution in [-0.4, -0.2) is 62.6 Å². The molecule has 50 heavy (non-hydrogen) atoms. The van der Waals surface area contributed by atoms with Gasteiger partial charge in [-0.3, -0.25) is 0 Å². The predicted octanol–water partition coefficient (Wildman–Crippen LogP) is 0.0264. The van der Waals surface area contributed by atoms with Gasteiger partial charge in [0.2, 0.25) is 0 Å². The van der Waals surface area contributed by atoms with E-state index in [2.05, 4.69) is 20.5 Å². The van der Waals surface area contributed by atoms with Crippen LogP contribution in [0.3, 0.4) is 0 Å². The Morgan fingerprint density at radius 2 is 0.860 bits per heavy atom. The normalized spacial score (nSPS) is 11.8. The molecule has 0 saturated carbocycles. The third-order valence-electron chi connectivity index (χ3n) is 6.35. The number of aliphatic hydroxyl groups is 2. The average Bonchev–Trinajstić information content (AvgIpc) is 3.06. The Bertz CT molecular complexity index is 1860. The quantitative estimate of drug-likeness (QED) is 0.0516. The fourth-order valence-electron chi connectivity index (χ4n) is 4.02. The molecule has 4 aromatic rings. The van der Waals surface area contributed by atoms with Crippen LogP contribution >= 0.6 is 0 Å². The molecule has 0 spiro atoms.